The lowest BCUT2D eigenvalue weighted by molar-refractivity contribution is -0.121. The molecule has 0 aliphatic carbocycles. The van der Waals surface area contributed by atoms with E-state index in [4.69, 9.17) is 4.74 Å². The average Bonchev–Trinajstić information content (AvgIpc) is 2.91. The van der Waals surface area contributed by atoms with E-state index in [9.17, 15) is 9.59 Å². The van der Waals surface area contributed by atoms with Crippen molar-refractivity contribution in [3.05, 3.63) is 23.1 Å². The molecule has 2 amide bonds. The number of aromatic nitrogens is 1. The van der Waals surface area contributed by atoms with E-state index < -0.39 is 0 Å². The molecule has 0 saturated carbocycles. The van der Waals surface area contributed by atoms with Crippen LogP contribution in [0.5, 0.6) is 5.75 Å². The molecule has 2 heterocycles. The molecule has 6 nitrogen and oxygen atoms in total. The normalized spacial score (nSPS) is 13.7. The summed E-state index contributed by atoms with van der Waals surface area (Å²) in [5.74, 6) is 0.444. The van der Waals surface area contributed by atoms with Gasteiger partial charge in [0.05, 0.1) is 11.4 Å². The second kappa shape index (κ2) is 6.24. The van der Waals surface area contributed by atoms with Crippen molar-refractivity contribution < 1.29 is 14.3 Å². The molecule has 3 rings (SSSR count). The molecule has 1 aliphatic rings. The van der Waals surface area contributed by atoms with Gasteiger partial charge in [-0.2, -0.15) is 0 Å². The summed E-state index contributed by atoms with van der Waals surface area (Å²) in [7, 11) is 1.73. The number of hydrogen-bond donors (Lipinski definition) is 1. The third-order valence-corrected chi connectivity index (χ3v) is 4.76. The standard InChI is InChI=1S/C17H19N3O3S/c1-9(2)16(22)19-17-18-15(10(3)24-17)11-5-6-13-12(7-11)20(4)14(21)8-23-13/h5-7,9H,8H2,1-4H3,(H,18,19,22). The molecule has 0 saturated heterocycles. The maximum absolute atomic E-state index is 11.8. The molecule has 0 atom stereocenters. The van der Waals surface area contributed by atoms with E-state index in [0.717, 1.165) is 21.8 Å². The number of benzene rings is 1. The van der Waals surface area contributed by atoms with Crippen molar-refractivity contribution in [2.75, 3.05) is 23.9 Å². The molecule has 1 aromatic heterocycles. The molecule has 126 valence electrons. The quantitative estimate of drug-likeness (QED) is 0.928. The SMILES string of the molecule is Cc1sc(NC(=O)C(C)C)nc1-c1ccc2c(c1)N(C)C(=O)CO2. The number of fused-ring (bicyclic) bond motifs is 1. The highest BCUT2D eigenvalue weighted by Gasteiger charge is 2.23. The Balaban J connectivity index is 1.94. The smallest absolute Gasteiger partial charge is 0.264 e. The highest BCUT2D eigenvalue weighted by molar-refractivity contribution is 7.16. The zero-order chi connectivity index (χ0) is 17.4. The molecule has 24 heavy (non-hydrogen) atoms. The van der Waals surface area contributed by atoms with Crippen LogP contribution in [0.2, 0.25) is 0 Å². The van der Waals surface area contributed by atoms with Gasteiger partial charge in [-0.05, 0) is 25.1 Å². The number of aryl methyl sites for hydroxylation is 1. The molecule has 1 aliphatic heterocycles. The summed E-state index contributed by atoms with van der Waals surface area (Å²) in [6, 6.07) is 5.65. The number of carbonyl (C=O) groups excluding carboxylic acids is 2. The van der Waals surface area contributed by atoms with E-state index in [0.29, 0.717) is 10.9 Å². The van der Waals surface area contributed by atoms with Gasteiger partial charge in [0.1, 0.15) is 5.75 Å². The van der Waals surface area contributed by atoms with Gasteiger partial charge >= 0.3 is 0 Å². The molecule has 1 aromatic carbocycles. The Morgan fingerprint density at radius 2 is 2.17 bits per heavy atom. The molecular weight excluding hydrogens is 326 g/mol. The lowest BCUT2D eigenvalue weighted by atomic mass is 10.1. The minimum Gasteiger partial charge on any atom is -0.482 e. The molecule has 2 aromatic rings. The van der Waals surface area contributed by atoms with Crippen LogP contribution in [-0.2, 0) is 9.59 Å². The van der Waals surface area contributed by atoms with Crippen molar-refractivity contribution in [2.24, 2.45) is 5.92 Å². The number of nitrogens with zero attached hydrogens (tertiary/aromatic N) is 2. The highest BCUT2D eigenvalue weighted by Crippen LogP contribution is 2.37. The average molecular weight is 345 g/mol. The number of ether oxygens (including phenoxy) is 1. The van der Waals surface area contributed by atoms with Crippen LogP contribution in [0.1, 0.15) is 18.7 Å². The van der Waals surface area contributed by atoms with Crippen molar-refractivity contribution >= 4 is 34.0 Å². The van der Waals surface area contributed by atoms with E-state index >= 15 is 0 Å². The Morgan fingerprint density at radius 3 is 2.88 bits per heavy atom. The van der Waals surface area contributed by atoms with Crippen LogP contribution in [0.25, 0.3) is 11.3 Å². The number of hydrogen-bond acceptors (Lipinski definition) is 5. The summed E-state index contributed by atoms with van der Waals surface area (Å²) in [5.41, 5.74) is 2.41. The monoisotopic (exact) mass is 345 g/mol. The van der Waals surface area contributed by atoms with Crippen LogP contribution in [-0.4, -0.2) is 30.5 Å². The number of thiazole rings is 1. The zero-order valence-corrected chi connectivity index (χ0v) is 14.9. The molecule has 1 N–H and O–H groups in total. The summed E-state index contributed by atoms with van der Waals surface area (Å²) < 4.78 is 5.45. The lowest BCUT2D eigenvalue weighted by Crippen LogP contribution is -2.35. The van der Waals surface area contributed by atoms with E-state index in [1.54, 1.807) is 11.9 Å². The topological polar surface area (TPSA) is 71.5 Å². The van der Waals surface area contributed by atoms with Crippen LogP contribution in [0.4, 0.5) is 10.8 Å². The van der Waals surface area contributed by atoms with Gasteiger partial charge in [0.2, 0.25) is 5.91 Å². The third-order valence-electron chi connectivity index (χ3n) is 3.87. The van der Waals surface area contributed by atoms with Gasteiger partial charge in [-0.25, -0.2) is 4.98 Å². The van der Waals surface area contributed by atoms with Crippen molar-refractivity contribution in [2.45, 2.75) is 20.8 Å². The summed E-state index contributed by atoms with van der Waals surface area (Å²) in [6.07, 6.45) is 0. The fourth-order valence-corrected chi connectivity index (χ4v) is 3.23. The van der Waals surface area contributed by atoms with E-state index in [-0.39, 0.29) is 24.3 Å². The van der Waals surface area contributed by atoms with Crippen molar-refractivity contribution in [3.8, 4) is 17.0 Å². The van der Waals surface area contributed by atoms with Crippen LogP contribution in [0.3, 0.4) is 0 Å². The molecule has 0 bridgehead atoms. The minimum absolute atomic E-state index is 0.0560. The van der Waals surface area contributed by atoms with Crippen LogP contribution in [0.15, 0.2) is 18.2 Å². The molecule has 0 unspecified atom stereocenters. The number of nitrogens with one attached hydrogen (secondary N) is 1. The number of rotatable bonds is 3. The van der Waals surface area contributed by atoms with Gasteiger partial charge in [-0.1, -0.05) is 13.8 Å². The predicted molar refractivity (Wildman–Crippen MR) is 94.7 cm³/mol. The third kappa shape index (κ3) is 2.99. The molecule has 0 fully saturated rings. The Hall–Kier alpha value is -2.41. The Bertz CT molecular complexity index is 813. The van der Waals surface area contributed by atoms with Crippen molar-refractivity contribution in [1.82, 2.24) is 4.98 Å². The largest absolute Gasteiger partial charge is 0.482 e. The first-order chi connectivity index (χ1) is 11.4. The second-order valence-electron chi connectivity index (χ2n) is 5.99. The Kier molecular flexibility index (Phi) is 4.28. The summed E-state index contributed by atoms with van der Waals surface area (Å²) >= 11 is 1.44. The highest BCUT2D eigenvalue weighted by atomic mass is 32.1. The summed E-state index contributed by atoms with van der Waals surface area (Å²) in [4.78, 5) is 30.8. The summed E-state index contributed by atoms with van der Waals surface area (Å²) in [5, 5.41) is 3.41. The maximum atomic E-state index is 11.8. The second-order valence-corrected chi connectivity index (χ2v) is 7.19. The van der Waals surface area contributed by atoms with Crippen LogP contribution < -0.4 is 15.0 Å². The van der Waals surface area contributed by atoms with Crippen molar-refractivity contribution in [1.29, 1.82) is 0 Å². The fraction of sp³-hybridized carbons (Fsp3) is 0.353. The van der Waals surface area contributed by atoms with E-state index in [1.165, 1.54) is 11.3 Å². The molecular formula is C17H19N3O3S. The first-order valence-electron chi connectivity index (χ1n) is 7.69. The number of likely N-dealkylation sites (N-methyl/N-ethyl adjacent to an activating group) is 1. The first-order valence-corrected chi connectivity index (χ1v) is 8.50. The van der Waals surface area contributed by atoms with Crippen LogP contribution in [0, 0.1) is 12.8 Å². The van der Waals surface area contributed by atoms with Gasteiger partial charge in [0.15, 0.2) is 11.7 Å². The summed E-state index contributed by atoms with van der Waals surface area (Å²) in [6.45, 7) is 5.70. The predicted octanol–water partition coefficient (Wildman–Crippen LogP) is 3.07. The number of carbonyl (C=O) groups is 2. The van der Waals surface area contributed by atoms with Crippen molar-refractivity contribution in [3.63, 3.8) is 0 Å². The first kappa shape index (κ1) is 16.4. The molecule has 7 heteroatoms. The van der Waals surface area contributed by atoms with E-state index in [2.05, 4.69) is 10.3 Å². The minimum atomic E-state index is -0.0989. The number of anilines is 2. The van der Waals surface area contributed by atoms with Gasteiger partial charge in [0, 0.05) is 23.4 Å². The van der Waals surface area contributed by atoms with Gasteiger partial charge < -0.3 is 15.0 Å². The van der Waals surface area contributed by atoms with Gasteiger partial charge in [-0.15, -0.1) is 11.3 Å². The van der Waals surface area contributed by atoms with E-state index in [1.807, 2.05) is 39.0 Å². The van der Waals surface area contributed by atoms with Crippen LogP contribution >= 0.6 is 11.3 Å². The number of amides is 2. The molecule has 0 spiro atoms. The fourth-order valence-electron chi connectivity index (χ4n) is 2.39. The maximum Gasteiger partial charge on any atom is 0.264 e. The zero-order valence-electron chi connectivity index (χ0n) is 14.0. The Morgan fingerprint density at radius 1 is 1.42 bits per heavy atom. The Labute approximate surface area is 144 Å². The van der Waals surface area contributed by atoms with Gasteiger partial charge in [-0.3, -0.25) is 9.59 Å². The lowest BCUT2D eigenvalue weighted by Gasteiger charge is -2.26. The van der Waals surface area contributed by atoms with Gasteiger partial charge in [0.25, 0.3) is 5.91 Å². The molecule has 0 radical (unpaired) electrons.